The molecule has 0 radical (unpaired) electrons. The van der Waals surface area contributed by atoms with Crippen molar-refractivity contribution in [3.63, 3.8) is 0 Å². The summed E-state index contributed by atoms with van der Waals surface area (Å²) in [6.45, 7) is 5.51. The Kier molecular flexibility index (Phi) is 4.50. The molecule has 0 saturated carbocycles. The number of esters is 1. The van der Waals surface area contributed by atoms with Gasteiger partial charge in [0, 0.05) is 11.1 Å². The highest BCUT2D eigenvalue weighted by molar-refractivity contribution is 7.17. The molecule has 0 unspecified atom stereocenters. The minimum absolute atomic E-state index is 0.286. The molecule has 1 amide bonds. The van der Waals surface area contributed by atoms with Crippen LogP contribution in [0.2, 0.25) is 0 Å². The van der Waals surface area contributed by atoms with E-state index in [1.807, 2.05) is 32.0 Å². The van der Waals surface area contributed by atoms with Gasteiger partial charge in [-0.05, 0) is 39.0 Å². The predicted octanol–water partition coefficient (Wildman–Crippen LogP) is 3.66. The number of rotatable bonds is 3. The summed E-state index contributed by atoms with van der Waals surface area (Å²) in [5.41, 5.74) is 3.62. The first-order valence-corrected chi connectivity index (χ1v) is 8.46. The summed E-state index contributed by atoms with van der Waals surface area (Å²) in [5.74, 6) is -0.748. The lowest BCUT2D eigenvalue weighted by Gasteiger charge is -2.08. The van der Waals surface area contributed by atoms with Crippen molar-refractivity contribution in [2.75, 3.05) is 12.4 Å². The number of thiazole rings is 1. The number of carbonyl (C=O) groups excluding carboxylic acids is 2. The van der Waals surface area contributed by atoms with Crippen LogP contribution in [-0.4, -0.2) is 29.0 Å². The zero-order chi connectivity index (χ0) is 18.1. The summed E-state index contributed by atoms with van der Waals surface area (Å²) < 4.78 is 4.72. The Labute approximate surface area is 148 Å². The molecule has 128 valence electrons. The van der Waals surface area contributed by atoms with Gasteiger partial charge in [-0.1, -0.05) is 23.0 Å². The van der Waals surface area contributed by atoms with Gasteiger partial charge in [-0.2, -0.15) is 0 Å². The van der Waals surface area contributed by atoms with E-state index in [9.17, 15) is 9.59 Å². The number of nitrogens with one attached hydrogen (secondary N) is 1. The molecular weight excluding hydrogens is 338 g/mol. The molecule has 0 aliphatic rings. The molecule has 2 aromatic heterocycles. The van der Waals surface area contributed by atoms with Gasteiger partial charge in [-0.15, -0.1) is 0 Å². The van der Waals surface area contributed by atoms with E-state index in [1.54, 1.807) is 13.0 Å². The Bertz CT molecular complexity index is 995. The van der Waals surface area contributed by atoms with Gasteiger partial charge < -0.3 is 4.74 Å². The molecule has 0 bridgehead atoms. The summed E-state index contributed by atoms with van der Waals surface area (Å²) in [6.07, 6.45) is 0. The van der Waals surface area contributed by atoms with Gasteiger partial charge in [-0.3, -0.25) is 15.1 Å². The van der Waals surface area contributed by atoms with Crippen molar-refractivity contribution in [3.8, 4) is 0 Å². The molecule has 25 heavy (non-hydrogen) atoms. The largest absolute Gasteiger partial charge is 0.465 e. The van der Waals surface area contributed by atoms with E-state index in [2.05, 4.69) is 15.3 Å². The fourth-order valence-electron chi connectivity index (χ4n) is 2.56. The fourth-order valence-corrected chi connectivity index (χ4v) is 3.44. The number of methoxy groups -OCH3 is 1. The molecule has 3 rings (SSSR count). The van der Waals surface area contributed by atoms with E-state index >= 15 is 0 Å². The number of nitrogens with zero attached hydrogens (tertiary/aromatic N) is 2. The Morgan fingerprint density at radius 1 is 1.12 bits per heavy atom. The van der Waals surface area contributed by atoms with Crippen molar-refractivity contribution in [1.29, 1.82) is 0 Å². The second-order valence-electron chi connectivity index (χ2n) is 5.71. The first kappa shape index (κ1) is 17.0. The molecule has 0 atom stereocenters. The molecule has 0 spiro atoms. The maximum atomic E-state index is 12.8. The number of aryl methyl sites for hydroxylation is 3. The summed E-state index contributed by atoms with van der Waals surface area (Å²) in [5, 5.41) is 3.91. The molecular formula is C18H17N3O3S. The SMILES string of the molecule is COC(=O)c1sc(NC(=O)c2cc(C)nc3ccc(C)cc23)nc1C. The van der Waals surface area contributed by atoms with E-state index in [4.69, 9.17) is 4.74 Å². The number of aromatic nitrogens is 2. The predicted molar refractivity (Wildman–Crippen MR) is 97.4 cm³/mol. The van der Waals surface area contributed by atoms with Crippen LogP contribution < -0.4 is 5.32 Å². The highest BCUT2D eigenvalue weighted by atomic mass is 32.1. The Hall–Kier alpha value is -2.80. The molecule has 1 aromatic carbocycles. The number of amides is 1. The van der Waals surface area contributed by atoms with Crippen LogP contribution in [-0.2, 0) is 4.74 Å². The first-order valence-electron chi connectivity index (χ1n) is 7.64. The van der Waals surface area contributed by atoms with Crippen molar-refractivity contribution < 1.29 is 14.3 Å². The third kappa shape index (κ3) is 3.36. The van der Waals surface area contributed by atoms with E-state index < -0.39 is 5.97 Å². The Balaban J connectivity index is 1.98. The van der Waals surface area contributed by atoms with Crippen molar-refractivity contribution in [2.24, 2.45) is 0 Å². The standard InChI is InChI=1S/C18H17N3O3S/c1-9-5-6-14-12(7-9)13(8-10(2)19-14)16(22)21-18-20-11(3)15(25-18)17(23)24-4/h5-8H,1-4H3,(H,20,21,22). The molecule has 0 fully saturated rings. The Morgan fingerprint density at radius 3 is 2.60 bits per heavy atom. The van der Waals surface area contributed by atoms with Crippen LogP contribution in [0.3, 0.4) is 0 Å². The van der Waals surface area contributed by atoms with Gasteiger partial charge >= 0.3 is 5.97 Å². The van der Waals surface area contributed by atoms with Gasteiger partial charge in [0.15, 0.2) is 5.13 Å². The van der Waals surface area contributed by atoms with E-state index in [-0.39, 0.29) is 5.91 Å². The summed E-state index contributed by atoms with van der Waals surface area (Å²) >= 11 is 1.09. The van der Waals surface area contributed by atoms with E-state index in [0.29, 0.717) is 21.3 Å². The summed E-state index contributed by atoms with van der Waals surface area (Å²) in [4.78, 5) is 33.5. The molecule has 0 aliphatic heterocycles. The van der Waals surface area contributed by atoms with Crippen LogP contribution in [0, 0.1) is 20.8 Å². The number of carbonyl (C=O) groups is 2. The van der Waals surface area contributed by atoms with Crippen LogP contribution in [0.5, 0.6) is 0 Å². The van der Waals surface area contributed by atoms with Crippen molar-refractivity contribution in [2.45, 2.75) is 20.8 Å². The average Bonchev–Trinajstić information content (AvgIpc) is 2.94. The molecule has 6 nitrogen and oxygen atoms in total. The summed E-state index contributed by atoms with van der Waals surface area (Å²) in [7, 11) is 1.31. The third-order valence-corrected chi connectivity index (χ3v) is 4.78. The Morgan fingerprint density at radius 2 is 1.88 bits per heavy atom. The maximum Gasteiger partial charge on any atom is 0.350 e. The molecule has 3 aromatic rings. The van der Waals surface area contributed by atoms with Crippen molar-refractivity contribution >= 4 is 39.2 Å². The van der Waals surface area contributed by atoms with Crippen LogP contribution >= 0.6 is 11.3 Å². The second kappa shape index (κ2) is 6.60. The van der Waals surface area contributed by atoms with Crippen LogP contribution in [0.1, 0.15) is 37.0 Å². The fraction of sp³-hybridized carbons (Fsp3) is 0.222. The molecule has 0 saturated heterocycles. The van der Waals surface area contributed by atoms with E-state index in [1.165, 1.54) is 7.11 Å². The van der Waals surface area contributed by atoms with Gasteiger partial charge in [-0.25, -0.2) is 9.78 Å². The number of pyridine rings is 1. The highest BCUT2D eigenvalue weighted by Crippen LogP contribution is 2.25. The van der Waals surface area contributed by atoms with Crippen molar-refractivity contribution in [3.05, 3.63) is 51.7 Å². The van der Waals surface area contributed by atoms with Gasteiger partial charge in [0.05, 0.1) is 23.9 Å². The average molecular weight is 355 g/mol. The number of fused-ring (bicyclic) bond motifs is 1. The normalized spacial score (nSPS) is 10.7. The maximum absolute atomic E-state index is 12.8. The highest BCUT2D eigenvalue weighted by Gasteiger charge is 2.19. The minimum Gasteiger partial charge on any atom is -0.465 e. The van der Waals surface area contributed by atoms with Gasteiger partial charge in [0.1, 0.15) is 4.88 Å². The van der Waals surface area contributed by atoms with Gasteiger partial charge in [0.2, 0.25) is 0 Å². The smallest absolute Gasteiger partial charge is 0.350 e. The number of hydrogen-bond acceptors (Lipinski definition) is 6. The zero-order valence-electron chi connectivity index (χ0n) is 14.3. The topological polar surface area (TPSA) is 81.2 Å². The van der Waals surface area contributed by atoms with Crippen molar-refractivity contribution in [1.82, 2.24) is 9.97 Å². The monoisotopic (exact) mass is 355 g/mol. The summed E-state index contributed by atoms with van der Waals surface area (Å²) in [6, 6.07) is 7.54. The van der Waals surface area contributed by atoms with Crippen LogP contribution in [0.15, 0.2) is 24.3 Å². The zero-order valence-corrected chi connectivity index (χ0v) is 15.2. The molecule has 2 heterocycles. The lowest BCUT2D eigenvalue weighted by molar-refractivity contribution is 0.0605. The van der Waals surface area contributed by atoms with Gasteiger partial charge in [0.25, 0.3) is 5.91 Å². The molecule has 1 N–H and O–H groups in total. The second-order valence-corrected chi connectivity index (χ2v) is 6.71. The number of anilines is 1. The number of ether oxygens (including phenoxy) is 1. The molecule has 0 aliphatic carbocycles. The first-order chi connectivity index (χ1) is 11.9. The lowest BCUT2D eigenvalue weighted by Crippen LogP contribution is -2.13. The quantitative estimate of drug-likeness (QED) is 0.725. The minimum atomic E-state index is -0.462. The molecule has 7 heteroatoms. The third-order valence-electron chi connectivity index (χ3n) is 3.72. The number of hydrogen-bond donors (Lipinski definition) is 1. The van der Waals surface area contributed by atoms with Crippen LogP contribution in [0.25, 0.3) is 10.9 Å². The van der Waals surface area contributed by atoms with E-state index in [0.717, 1.165) is 33.5 Å². The lowest BCUT2D eigenvalue weighted by atomic mass is 10.0. The van der Waals surface area contributed by atoms with Crippen LogP contribution in [0.4, 0.5) is 5.13 Å². The number of benzene rings is 1.